The number of rotatable bonds is 2. The first-order valence-corrected chi connectivity index (χ1v) is 6.43. The predicted octanol–water partition coefficient (Wildman–Crippen LogP) is 2.15. The van der Waals surface area contributed by atoms with E-state index in [0.29, 0.717) is 12.0 Å². The van der Waals surface area contributed by atoms with Crippen LogP contribution >= 0.6 is 0 Å². The summed E-state index contributed by atoms with van der Waals surface area (Å²) in [6, 6.07) is 1.09. The quantitative estimate of drug-likeness (QED) is 0.705. The van der Waals surface area contributed by atoms with E-state index >= 15 is 0 Å². The van der Waals surface area contributed by atoms with Crippen molar-refractivity contribution < 1.29 is 0 Å². The van der Waals surface area contributed by atoms with Crippen molar-refractivity contribution >= 4 is 0 Å². The molecule has 2 aliphatic rings. The minimum atomic E-state index is 0.317. The van der Waals surface area contributed by atoms with Gasteiger partial charge in [-0.05, 0) is 38.6 Å². The molecule has 0 spiro atoms. The highest BCUT2D eigenvalue weighted by Crippen LogP contribution is 2.22. The van der Waals surface area contributed by atoms with Crippen LogP contribution in [0.4, 0.5) is 0 Å². The summed E-state index contributed by atoms with van der Waals surface area (Å²) in [5.74, 6) is 0.709. The molecule has 2 heteroatoms. The lowest BCUT2D eigenvalue weighted by molar-refractivity contribution is 0.192. The normalized spacial score (nSPS) is 38.1. The van der Waals surface area contributed by atoms with Crippen molar-refractivity contribution in [2.45, 2.75) is 51.1 Å². The van der Waals surface area contributed by atoms with Crippen LogP contribution in [0.3, 0.4) is 0 Å². The van der Waals surface area contributed by atoms with E-state index in [1.54, 1.807) is 0 Å². The maximum Gasteiger partial charge on any atom is 0.0229 e. The fraction of sp³-hybridized carbons (Fsp3) is 0.846. The summed E-state index contributed by atoms with van der Waals surface area (Å²) in [6.07, 6.45) is 11.2. The Bertz CT molecular complexity index is 225. The van der Waals surface area contributed by atoms with Crippen molar-refractivity contribution in [3.63, 3.8) is 0 Å². The summed E-state index contributed by atoms with van der Waals surface area (Å²) in [5.41, 5.74) is 5.89. The van der Waals surface area contributed by atoms with Gasteiger partial charge in [0, 0.05) is 18.6 Å². The SMILES string of the molecule is CC1CCCCCN1CC1C=CC(N)C1. The molecule has 1 saturated heterocycles. The number of nitrogens with two attached hydrogens (primary N) is 1. The molecule has 15 heavy (non-hydrogen) atoms. The summed E-state index contributed by atoms with van der Waals surface area (Å²) in [4.78, 5) is 2.67. The molecule has 1 aliphatic carbocycles. The van der Waals surface area contributed by atoms with Gasteiger partial charge in [0.15, 0.2) is 0 Å². The van der Waals surface area contributed by atoms with Gasteiger partial charge >= 0.3 is 0 Å². The van der Waals surface area contributed by atoms with Gasteiger partial charge in [0.05, 0.1) is 0 Å². The van der Waals surface area contributed by atoms with Crippen LogP contribution in [0.2, 0.25) is 0 Å². The van der Waals surface area contributed by atoms with Gasteiger partial charge in [-0.3, -0.25) is 0 Å². The molecule has 2 nitrogen and oxygen atoms in total. The van der Waals surface area contributed by atoms with Crippen molar-refractivity contribution in [3.05, 3.63) is 12.2 Å². The zero-order valence-electron chi connectivity index (χ0n) is 9.86. The molecule has 0 amide bonds. The van der Waals surface area contributed by atoms with Gasteiger partial charge < -0.3 is 10.6 Å². The Hall–Kier alpha value is -0.340. The van der Waals surface area contributed by atoms with E-state index in [2.05, 4.69) is 24.0 Å². The summed E-state index contributed by atoms with van der Waals surface area (Å²) >= 11 is 0. The van der Waals surface area contributed by atoms with E-state index in [1.807, 2.05) is 0 Å². The average Bonchev–Trinajstić information content (AvgIpc) is 2.50. The molecular formula is C13H24N2. The predicted molar refractivity (Wildman–Crippen MR) is 64.7 cm³/mol. The molecule has 86 valence electrons. The second kappa shape index (κ2) is 5.13. The van der Waals surface area contributed by atoms with Crippen LogP contribution in [0.5, 0.6) is 0 Å². The lowest BCUT2D eigenvalue weighted by Crippen LogP contribution is -2.36. The van der Waals surface area contributed by atoms with E-state index in [4.69, 9.17) is 5.73 Å². The number of nitrogens with zero attached hydrogens (tertiary/aromatic N) is 1. The van der Waals surface area contributed by atoms with E-state index < -0.39 is 0 Å². The summed E-state index contributed by atoms with van der Waals surface area (Å²) in [7, 11) is 0. The smallest absolute Gasteiger partial charge is 0.0229 e. The van der Waals surface area contributed by atoms with E-state index in [1.165, 1.54) is 38.8 Å². The van der Waals surface area contributed by atoms with Gasteiger partial charge in [-0.2, -0.15) is 0 Å². The minimum absolute atomic E-state index is 0.317. The third kappa shape index (κ3) is 3.05. The van der Waals surface area contributed by atoms with E-state index in [9.17, 15) is 0 Å². The zero-order chi connectivity index (χ0) is 10.7. The third-order valence-electron chi connectivity index (χ3n) is 3.86. The highest BCUT2D eigenvalue weighted by atomic mass is 15.2. The fourth-order valence-electron chi connectivity index (χ4n) is 2.85. The Kier molecular flexibility index (Phi) is 3.81. The lowest BCUT2D eigenvalue weighted by Gasteiger charge is -2.29. The molecule has 1 heterocycles. The topological polar surface area (TPSA) is 29.3 Å². The van der Waals surface area contributed by atoms with Gasteiger partial charge in [0.2, 0.25) is 0 Å². The largest absolute Gasteiger partial charge is 0.324 e. The van der Waals surface area contributed by atoms with E-state index in [0.717, 1.165) is 12.5 Å². The number of likely N-dealkylation sites (tertiary alicyclic amines) is 1. The van der Waals surface area contributed by atoms with Gasteiger partial charge in [0.25, 0.3) is 0 Å². The molecule has 0 radical (unpaired) electrons. The summed E-state index contributed by atoms with van der Waals surface area (Å²) < 4.78 is 0. The van der Waals surface area contributed by atoms with Crippen molar-refractivity contribution in [2.75, 3.05) is 13.1 Å². The molecule has 0 aromatic carbocycles. The second-order valence-corrected chi connectivity index (χ2v) is 5.24. The minimum Gasteiger partial charge on any atom is -0.324 e. The van der Waals surface area contributed by atoms with Crippen LogP contribution in [-0.2, 0) is 0 Å². The standard InChI is InChI=1S/C13H24N2/c1-11-5-3-2-4-8-15(11)10-12-6-7-13(14)9-12/h6-7,11-13H,2-5,8-10,14H2,1H3. The molecule has 3 atom stereocenters. The molecule has 0 aromatic rings. The molecule has 0 bridgehead atoms. The first-order chi connectivity index (χ1) is 7.25. The van der Waals surface area contributed by atoms with Crippen LogP contribution in [-0.4, -0.2) is 30.1 Å². The third-order valence-corrected chi connectivity index (χ3v) is 3.86. The molecule has 0 aromatic heterocycles. The lowest BCUT2D eigenvalue weighted by atomic mass is 10.1. The van der Waals surface area contributed by atoms with Crippen LogP contribution in [0.25, 0.3) is 0 Å². The van der Waals surface area contributed by atoms with Crippen LogP contribution < -0.4 is 5.73 Å². The first kappa shape index (κ1) is 11.2. The fourth-order valence-corrected chi connectivity index (χ4v) is 2.85. The first-order valence-electron chi connectivity index (χ1n) is 6.43. The van der Waals surface area contributed by atoms with Crippen molar-refractivity contribution in [3.8, 4) is 0 Å². The van der Waals surface area contributed by atoms with Crippen molar-refractivity contribution in [1.29, 1.82) is 0 Å². The highest BCUT2D eigenvalue weighted by Gasteiger charge is 2.22. The van der Waals surface area contributed by atoms with Gasteiger partial charge in [-0.15, -0.1) is 0 Å². The molecule has 2 N–H and O–H groups in total. The van der Waals surface area contributed by atoms with E-state index in [-0.39, 0.29) is 0 Å². The Labute approximate surface area is 93.5 Å². The van der Waals surface area contributed by atoms with Crippen LogP contribution in [0.1, 0.15) is 39.0 Å². The Balaban J connectivity index is 1.84. The van der Waals surface area contributed by atoms with Gasteiger partial charge in [-0.1, -0.05) is 25.0 Å². The Morgan fingerprint density at radius 1 is 1.27 bits per heavy atom. The second-order valence-electron chi connectivity index (χ2n) is 5.24. The maximum atomic E-state index is 5.89. The van der Waals surface area contributed by atoms with Gasteiger partial charge in [0.1, 0.15) is 0 Å². The van der Waals surface area contributed by atoms with Crippen molar-refractivity contribution in [1.82, 2.24) is 4.90 Å². The molecular weight excluding hydrogens is 184 g/mol. The van der Waals surface area contributed by atoms with Crippen LogP contribution in [0.15, 0.2) is 12.2 Å². The average molecular weight is 208 g/mol. The maximum absolute atomic E-state index is 5.89. The Morgan fingerprint density at radius 2 is 2.13 bits per heavy atom. The molecule has 3 unspecified atom stereocenters. The molecule has 1 fully saturated rings. The highest BCUT2D eigenvalue weighted by molar-refractivity contribution is 5.05. The molecule has 2 rings (SSSR count). The Morgan fingerprint density at radius 3 is 2.87 bits per heavy atom. The van der Waals surface area contributed by atoms with Crippen molar-refractivity contribution in [2.24, 2.45) is 11.7 Å². The molecule has 1 aliphatic heterocycles. The summed E-state index contributed by atoms with van der Waals surface area (Å²) in [5, 5.41) is 0. The van der Waals surface area contributed by atoms with Gasteiger partial charge in [-0.25, -0.2) is 0 Å². The number of hydrogen-bond acceptors (Lipinski definition) is 2. The monoisotopic (exact) mass is 208 g/mol. The number of hydrogen-bond donors (Lipinski definition) is 1. The molecule has 0 saturated carbocycles. The zero-order valence-corrected chi connectivity index (χ0v) is 9.86. The van der Waals surface area contributed by atoms with Crippen LogP contribution in [0, 0.1) is 5.92 Å². The summed E-state index contributed by atoms with van der Waals surface area (Å²) in [6.45, 7) is 4.90.